The van der Waals surface area contributed by atoms with Crippen LogP contribution < -0.4 is 14.6 Å². The third-order valence-corrected chi connectivity index (χ3v) is 5.94. The summed E-state index contributed by atoms with van der Waals surface area (Å²) in [4.78, 5) is 11.8. The first-order valence-electron chi connectivity index (χ1n) is 9.88. The fourth-order valence-electron chi connectivity index (χ4n) is 3.68. The van der Waals surface area contributed by atoms with Gasteiger partial charge in [-0.2, -0.15) is 8.42 Å². The smallest absolute Gasteiger partial charge is 0.296 e. The van der Waals surface area contributed by atoms with Crippen LogP contribution in [0.15, 0.2) is 48.5 Å². The van der Waals surface area contributed by atoms with Gasteiger partial charge in [0.25, 0.3) is 10.2 Å². The number of carbonyl (C=O) groups excluding carboxylic acids is 1. The fourth-order valence-corrected chi connectivity index (χ4v) is 4.14. The molecule has 0 atom stereocenters. The van der Waals surface area contributed by atoms with Crippen molar-refractivity contribution in [1.29, 1.82) is 0 Å². The molecule has 3 N–H and O–H groups in total. The van der Waals surface area contributed by atoms with Gasteiger partial charge < -0.3 is 4.74 Å². The second-order valence-corrected chi connectivity index (χ2v) is 8.90. The molecule has 8 heteroatoms. The van der Waals surface area contributed by atoms with Crippen LogP contribution >= 0.6 is 0 Å². The lowest BCUT2D eigenvalue weighted by Gasteiger charge is -2.20. The number of rotatable bonds is 7. The molecule has 0 unspecified atom stereocenters. The van der Waals surface area contributed by atoms with Crippen molar-refractivity contribution < 1.29 is 22.3 Å². The maximum Gasteiger partial charge on any atom is 0.296 e. The topological polar surface area (TPSA) is 98.5 Å². The van der Waals surface area contributed by atoms with Gasteiger partial charge in [-0.3, -0.25) is 9.52 Å². The molecular formula is C24H25FN2O4S. The van der Waals surface area contributed by atoms with Crippen molar-refractivity contribution in [1.82, 2.24) is 0 Å². The van der Waals surface area contributed by atoms with E-state index in [0.717, 1.165) is 16.7 Å². The number of hydrogen-bond acceptors (Lipinski definition) is 4. The van der Waals surface area contributed by atoms with Crippen molar-refractivity contribution in [3.05, 3.63) is 82.2 Å². The summed E-state index contributed by atoms with van der Waals surface area (Å²) in [6, 6.07) is 13.4. The third-order valence-electron chi connectivity index (χ3n) is 5.42. The molecule has 32 heavy (non-hydrogen) atoms. The summed E-state index contributed by atoms with van der Waals surface area (Å²) in [7, 11) is -2.37. The number of carbonyl (C=O) groups is 1. The van der Waals surface area contributed by atoms with E-state index in [1.165, 1.54) is 14.0 Å². The van der Waals surface area contributed by atoms with Gasteiger partial charge in [-0.05, 0) is 66.8 Å². The summed E-state index contributed by atoms with van der Waals surface area (Å²) in [5.41, 5.74) is 4.53. The van der Waals surface area contributed by atoms with Crippen molar-refractivity contribution in [2.45, 2.75) is 27.2 Å². The van der Waals surface area contributed by atoms with Crippen LogP contribution in [0.1, 0.15) is 39.5 Å². The SMILES string of the molecule is COc1c(C)c(C)c(Cc2ccc(NS(N)(=O)=O)cc2)c(F)c1-c1cccc(C(C)=O)c1. The number of hydrogen-bond donors (Lipinski definition) is 2. The van der Waals surface area contributed by atoms with Crippen LogP contribution in [0.25, 0.3) is 11.1 Å². The maximum atomic E-state index is 15.9. The van der Waals surface area contributed by atoms with Crippen molar-refractivity contribution in [2.24, 2.45) is 5.14 Å². The van der Waals surface area contributed by atoms with Gasteiger partial charge in [0, 0.05) is 17.7 Å². The van der Waals surface area contributed by atoms with Gasteiger partial charge in [0.1, 0.15) is 11.6 Å². The molecule has 0 spiro atoms. The van der Waals surface area contributed by atoms with E-state index in [9.17, 15) is 13.2 Å². The molecule has 0 aliphatic heterocycles. The predicted molar refractivity (Wildman–Crippen MR) is 124 cm³/mol. The minimum atomic E-state index is -3.87. The first-order valence-corrected chi connectivity index (χ1v) is 11.4. The number of nitrogens with one attached hydrogen (secondary N) is 1. The molecule has 3 aromatic carbocycles. The molecule has 3 aromatic rings. The highest BCUT2D eigenvalue weighted by Crippen LogP contribution is 2.40. The number of nitrogens with two attached hydrogens (primary N) is 1. The second-order valence-electron chi connectivity index (χ2n) is 7.61. The molecule has 0 saturated heterocycles. The first kappa shape index (κ1) is 23.4. The minimum Gasteiger partial charge on any atom is -0.496 e. The molecule has 0 radical (unpaired) electrons. The number of methoxy groups -OCH3 is 1. The predicted octanol–water partition coefficient (Wildman–Crippen LogP) is 4.53. The van der Waals surface area contributed by atoms with E-state index >= 15 is 4.39 Å². The molecule has 3 rings (SSSR count). The van der Waals surface area contributed by atoms with E-state index in [1.807, 2.05) is 13.8 Å². The Bertz CT molecular complexity index is 1290. The molecule has 0 aromatic heterocycles. The number of ketones is 1. The largest absolute Gasteiger partial charge is 0.496 e. The molecule has 0 aliphatic carbocycles. The zero-order valence-electron chi connectivity index (χ0n) is 18.3. The standard InChI is InChI=1S/C24H25FN2O4S/c1-14-15(2)24(31-4)22(19-7-5-6-18(13-19)16(3)28)23(25)21(14)12-17-8-10-20(11-9-17)27-32(26,29)30/h5-11,13,27H,12H2,1-4H3,(H2,26,29,30). The highest BCUT2D eigenvalue weighted by atomic mass is 32.2. The maximum absolute atomic E-state index is 15.9. The van der Waals surface area contributed by atoms with Crippen molar-refractivity contribution in [3.8, 4) is 16.9 Å². The summed E-state index contributed by atoms with van der Waals surface area (Å²) in [5, 5.41) is 4.99. The summed E-state index contributed by atoms with van der Waals surface area (Å²) in [6.45, 7) is 5.17. The lowest BCUT2D eigenvalue weighted by molar-refractivity contribution is 0.101. The zero-order valence-corrected chi connectivity index (χ0v) is 19.1. The highest BCUT2D eigenvalue weighted by Gasteiger charge is 2.22. The van der Waals surface area contributed by atoms with E-state index in [1.54, 1.807) is 48.5 Å². The van der Waals surface area contributed by atoms with Gasteiger partial charge in [0.15, 0.2) is 5.78 Å². The van der Waals surface area contributed by atoms with E-state index < -0.39 is 16.0 Å². The molecule has 168 valence electrons. The second kappa shape index (κ2) is 9.10. The lowest BCUT2D eigenvalue weighted by Crippen LogP contribution is -2.21. The van der Waals surface area contributed by atoms with E-state index in [2.05, 4.69) is 4.72 Å². The highest BCUT2D eigenvalue weighted by molar-refractivity contribution is 7.90. The van der Waals surface area contributed by atoms with Crippen LogP contribution in [-0.2, 0) is 16.6 Å². The van der Waals surface area contributed by atoms with Crippen LogP contribution in [0.4, 0.5) is 10.1 Å². The van der Waals surface area contributed by atoms with Crippen LogP contribution in [-0.4, -0.2) is 21.3 Å². The van der Waals surface area contributed by atoms with Gasteiger partial charge >= 0.3 is 0 Å². The Kier molecular flexibility index (Phi) is 6.66. The molecular weight excluding hydrogens is 431 g/mol. The Morgan fingerprint density at radius 3 is 2.31 bits per heavy atom. The molecule has 0 bridgehead atoms. The van der Waals surface area contributed by atoms with Gasteiger partial charge in [-0.25, -0.2) is 9.53 Å². The zero-order chi connectivity index (χ0) is 23.6. The fraction of sp³-hybridized carbons (Fsp3) is 0.208. The Labute approximate surface area is 187 Å². The number of ether oxygens (including phenoxy) is 1. The van der Waals surface area contributed by atoms with Gasteiger partial charge in [-0.15, -0.1) is 0 Å². The van der Waals surface area contributed by atoms with Crippen molar-refractivity contribution in [3.63, 3.8) is 0 Å². The van der Waals surface area contributed by atoms with Crippen LogP contribution in [0.3, 0.4) is 0 Å². The third kappa shape index (κ3) is 4.98. The number of benzene rings is 3. The molecule has 0 amide bonds. The molecule has 6 nitrogen and oxygen atoms in total. The Morgan fingerprint density at radius 1 is 1.09 bits per heavy atom. The Hall–Kier alpha value is -3.23. The Balaban J connectivity index is 2.10. The summed E-state index contributed by atoms with van der Waals surface area (Å²) < 4.78 is 46.0. The van der Waals surface area contributed by atoms with Crippen LogP contribution in [0.5, 0.6) is 5.75 Å². The quantitative estimate of drug-likeness (QED) is 0.511. The first-order chi connectivity index (χ1) is 15.0. The minimum absolute atomic E-state index is 0.108. The lowest BCUT2D eigenvalue weighted by atomic mass is 9.89. The van der Waals surface area contributed by atoms with Crippen molar-refractivity contribution >= 4 is 21.7 Å². The normalized spacial score (nSPS) is 11.3. The Morgan fingerprint density at radius 2 is 1.75 bits per heavy atom. The average Bonchev–Trinajstić information content (AvgIpc) is 2.73. The summed E-state index contributed by atoms with van der Waals surface area (Å²) >= 11 is 0. The van der Waals surface area contributed by atoms with Crippen LogP contribution in [0.2, 0.25) is 0 Å². The van der Waals surface area contributed by atoms with Gasteiger partial charge in [0.2, 0.25) is 0 Å². The average molecular weight is 457 g/mol. The molecule has 0 aliphatic rings. The number of halogens is 1. The summed E-state index contributed by atoms with van der Waals surface area (Å²) in [6.07, 6.45) is 0.289. The molecule has 0 saturated carbocycles. The van der Waals surface area contributed by atoms with E-state index in [0.29, 0.717) is 33.7 Å². The van der Waals surface area contributed by atoms with E-state index in [4.69, 9.17) is 9.88 Å². The van der Waals surface area contributed by atoms with Crippen LogP contribution in [0, 0.1) is 19.7 Å². The van der Waals surface area contributed by atoms with Gasteiger partial charge in [0.05, 0.1) is 12.7 Å². The summed E-state index contributed by atoms with van der Waals surface area (Å²) in [5.74, 6) is -0.0991. The molecule has 0 heterocycles. The molecule has 0 fully saturated rings. The van der Waals surface area contributed by atoms with Crippen molar-refractivity contribution in [2.75, 3.05) is 11.8 Å². The monoisotopic (exact) mass is 456 g/mol. The number of anilines is 1. The number of Topliss-reactive ketones (excluding diaryl/α,β-unsaturated/α-hetero) is 1. The van der Waals surface area contributed by atoms with E-state index in [-0.39, 0.29) is 12.2 Å². The van der Waals surface area contributed by atoms with Gasteiger partial charge in [-0.1, -0.05) is 30.3 Å².